The average Bonchev–Trinajstić information content (AvgIpc) is 3.29. The van der Waals surface area contributed by atoms with Crippen molar-refractivity contribution in [1.29, 1.82) is 0 Å². The maximum atomic E-state index is 12.3. The molecule has 2 atom stereocenters. The molecule has 0 spiro atoms. The molecule has 0 bridgehead atoms. The van der Waals surface area contributed by atoms with Gasteiger partial charge in [0.2, 0.25) is 10.0 Å². The molecule has 1 saturated heterocycles. The van der Waals surface area contributed by atoms with Crippen molar-refractivity contribution in [2.24, 2.45) is 5.92 Å². The van der Waals surface area contributed by atoms with Crippen LogP contribution in [0.4, 0.5) is 0 Å². The van der Waals surface area contributed by atoms with Crippen LogP contribution in [0.3, 0.4) is 0 Å². The van der Waals surface area contributed by atoms with Gasteiger partial charge in [0.1, 0.15) is 5.82 Å². The third kappa shape index (κ3) is 3.95. The average molecular weight is 395 g/mol. The van der Waals surface area contributed by atoms with E-state index in [-0.39, 0.29) is 17.7 Å². The Hall–Kier alpha value is -2.10. The van der Waals surface area contributed by atoms with Gasteiger partial charge in [-0.2, -0.15) is 0 Å². The van der Waals surface area contributed by atoms with Gasteiger partial charge in [0.05, 0.1) is 39.2 Å². The summed E-state index contributed by atoms with van der Waals surface area (Å²) < 4.78 is 44.2. The number of methoxy groups -OCH3 is 2. The molecule has 1 aliphatic heterocycles. The number of imidazole rings is 1. The van der Waals surface area contributed by atoms with E-state index in [0.29, 0.717) is 24.7 Å². The van der Waals surface area contributed by atoms with Crippen LogP contribution in [-0.4, -0.2) is 69.6 Å². The zero-order valence-electron chi connectivity index (χ0n) is 16.0. The molecule has 0 unspecified atom stereocenters. The van der Waals surface area contributed by atoms with E-state index in [0.717, 1.165) is 11.4 Å². The molecule has 0 amide bonds. The summed E-state index contributed by atoms with van der Waals surface area (Å²) in [6, 6.07) is 5.48. The van der Waals surface area contributed by atoms with Crippen molar-refractivity contribution in [2.75, 3.05) is 47.3 Å². The Kier molecular flexibility index (Phi) is 5.73. The molecule has 1 fully saturated rings. The summed E-state index contributed by atoms with van der Waals surface area (Å²) in [6.45, 7) is 0.853. The fraction of sp³-hybridized carbons (Fsp3) is 0.500. The van der Waals surface area contributed by atoms with Crippen molar-refractivity contribution in [3.8, 4) is 22.9 Å². The van der Waals surface area contributed by atoms with Crippen LogP contribution in [0.2, 0.25) is 0 Å². The van der Waals surface area contributed by atoms with E-state index in [4.69, 9.17) is 14.2 Å². The van der Waals surface area contributed by atoms with Gasteiger partial charge >= 0.3 is 0 Å². The molecule has 1 aromatic heterocycles. The third-order valence-corrected chi connectivity index (χ3v) is 6.78. The Balaban J connectivity index is 1.92. The highest BCUT2D eigenvalue weighted by Crippen LogP contribution is 2.35. The van der Waals surface area contributed by atoms with E-state index >= 15 is 0 Å². The summed E-state index contributed by atoms with van der Waals surface area (Å²) in [5.41, 5.74) is 0.860. The van der Waals surface area contributed by atoms with Gasteiger partial charge < -0.3 is 18.8 Å². The van der Waals surface area contributed by atoms with Crippen molar-refractivity contribution in [3.05, 3.63) is 30.6 Å². The summed E-state index contributed by atoms with van der Waals surface area (Å²) in [7, 11) is 2.95. The van der Waals surface area contributed by atoms with Crippen molar-refractivity contribution < 1.29 is 22.6 Å². The smallest absolute Gasteiger partial charge is 0.214 e. The number of hydrogen-bond donors (Lipinski definition) is 0. The molecule has 2 heterocycles. The number of aromatic nitrogens is 2. The number of hydrogen-bond acceptors (Lipinski definition) is 6. The van der Waals surface area contributed by atoms with Gasteiger partial charge in [-0.25, -0.2) is 17.7 Å². The zero-order chi connectivity index (χ0) is 19.6. The number of rotatable bonds is 7. The molecule has 27 heavy (non-hydrogen) atoms. The molecular weight excluding hydrogens is 370 g/mol. The van der Waals surface area contributed by atoms with E-state index in [1.54, 1.807) is 34.5 Å². The summed E-state index contributed by atoms with van der Waals surface area (Å²) in [5.74, 6) is 1.87. The maximum Gasteiger partial charge on any atom is 0.214 e. The SMILES string of the molecule is COc1ccc(-c2nccn2[C@@H]2COC[C@@H]2CS(=O)(=O)N(C)C)cc1OC. The number of nitrogens with zero attached hydrogens (tertiary/aromatic N) is 3. The maximum absolute atomic E-state index is 12.3. The first-order valence-corrected chi connectivity index (χ1v) is 10.2. The molecule has 1 aromatic carbocycles. The Bertz CT molecular complexity index is 894. The fourth-order valence-electron chi connectivity index (χ4n) is 3.25. The Labute approximate surface area is 159 Å². The Morgan fingerprint density at radius 1 is 1.22 bits per heavy atom. The van der Waals surface area contributed by atoms with E-state index in [2.05, 4.69) is 4.98 Å². The van der Waals surface area contributed by atoms with Crippen molar-refractivity contribution in [2.45, 2.75) is 6.04 Å². The Morgan fingerprint density at radius 3 is 2.63 bits per heavy atom. The lowest BCUT2D eigenvalue weighted by molar-refractivity contribution is 0.182. The van der Waals surface area contributed by atoms with E-state index in [9.17, 15) is 8.42 Å². The molecular formula is C18H25N3O5S. The number of benzene rings is 1. The zero-order valence-corrected chi connectivity index (χ0v) is 16.8. The normalized spacial score (nSPS) is 20.2. The molecule has 2 aromatic rings. The van der Waals surface area contributed by atoms with Crippen LogP contribution < -0.4 is 9.47 Å². The van der Waals surface area contributed by atoms with Gasteiger partial charge in [0.15, 0.2) is 11.5 Å². The highest BCUT2D eigenvalue weighted by atomic mass is 32.2. The molecule has 0 aliphatic carbocycles. The highest BCUT2D eigenvalue weighted by Gasteiger charge is 2.35. The van der Waals surface area contributed by atoms with E-state index < -0.39 is 10.0 Å². The lowest BCUT2D eigenvalue weighted by Gasteiger charge is -2.22. The minimum Gasteiger partial charge on any atom is -0.493 e. The number of ether oxygens (including phenoxy) is 3. The largest absolute Gasteiger partial charge is 0.493 e. The van der Waals surface area contributed by atoms with Gasteiger partial charge in [-0.05, 0) is 18.2 Å². The Morgan fingerprint density at radius 2 is 1.96 bits per heavy atom. The molecule has 0 radical (unpaired) electrons. The van der Waals surface area contributed by atoms with Gasteiger partial charge in [0, 0.05) is 38.0 Å². The molecule has 3 rings (SSSR count). The van der Waals surface area contributed by atoms with Gasteiger partial charge in [-0.1, -0.05) is 0 Å². The van der Waals surface area contributed by atoms with Crippen LogP contribution in [0.15, 0.2) is 30.6 Å². The van der Waals surface area contributed by atoms with Crippen LogP contribution in [0.1, 0.15) is 6.04 Å². The van der Waals surface area contributed by atoms with Gasteiger partial charge in [0.25, 0.3) is 0 Å². The van der Waals surface area contributed by atoms with Crippen molar-refractivity contribution in [1.82, 2.24) is 13.9 Å². The molecule has 0 N–H and O–H groups in total. The molecule has 1 aliphatic rings. The predicted octanol–water partition coefficient (Wildman–Crippen LogP) is 1.65. The lowest BCUT2D eigenvalue weighted by Crippen LogP contribution is -2.32. The monoisotopic (exact) mass is 395 g/mol. The topological polar surface area (TPSA) is 82.9 Å². The van der Waals surface area contributed by atoms with Crippen molar-refractivity contribution >= 4 is 10.0 Å². The molecule has 148 valence electrons. The predicted molar refractivity (Wildman–Crippen MR) is 102 cm³/mol. The third-order valence-electron chi connectivity index (χ3n) is 4.81. The second kappa shape index (κ2) is 7.87. The first kappa shape index (κ1) is 19.7. The molecule has 9 heteroatoms. The first-order chi connectivity index (χ1) is 12.9. The fourth-order valence-corrected chi connectivity index (χ4v) is 4.41. The molecule has 8 nitrogen and oxygen atoms in total. The highest BCUT2D eigenvalue weighted by molar-refractivity contribution is 7.89. The van der Waals surface area contributed by atoms with Crippen LogP contribution >= 0.6 is 0 Å². The summed E-state index contributed by atoms with van der Waals surface area (Å²) >= 11 is 0. The van der Waals surface area contributed by atoms with Crippen LogP contribution in [0.25, 0.3) is 11.4 Å². The first-order valence-electron chi connectivity index (χ1n) is 8.60. The lowest BCUT2D eigenvalue weighted by atomic mass is 10.1. The van der Waals surface area contributed by atoms with Crippen molar-refractivity contribution in [3.63, 3.8) is 0 Å². The summed E-state index contributed by atoms with van der Waals surface area (Å²) in [6.07, 6.45) is 3.57. The van der Waals surface area contributed by atoms with E-state index in [1.165, 1.54) is 4.31 Å². The number of sulfonamides is 1. The van der Waals surface area contributed by atoms with Crippen LogP contribution in [0, 0.1) is 5.92 Å². The second-order valence-corrected chi connectivity index (χ2v) is 8.88. The van der Waals surface area contributed by atoms with Crippen LogP contribution in [0.5, 0.6) is 11.5 Å². The minimum atomic E-state index is -3.32. The van der Waals surface area contributed by atoms with Gasteiger partial charge in [-0.15, -0.1) is 0 Å². The minimum absolute atomic E-state index is 0.0359. The summed E-state index contributed by atoms with van der Waals surface area (Å²) in [5, 5.41) is 0. The van der Waals surface area contributed by atoms with E-state index in [1.807, 2.05) is 29.0 Å². The summed E-state index contributed by atoms with van der Waals surface area (Å²) in [4.78, 5) is 4.48. The van der Waals surface area contributed by atoms with Crippen LogP contribution in [-0.2, 0) is 14.8 Å². The van der Waals surface area contributed by atoms with Gasteiger partial charge in [-0.3, -0.25) is 0 Å². The standard InChI is InChI=1S/C18H25N3O5S/c1-20(2)27(22,23)12-14-10-26-11-15(14)21-8-7-19-18(21)13-5-6-16(24-3)17(9-13)25-4/h5-9,14-15H,10-12H2,1-4H3/t14-,15-/m1/s1. The quantitative estimate of drug-likeness (QED) is 0.709. The molecule has 0 saturated carbocycles. The second-order valence-electron chi connectivity index (χ2n) is 6.65.